The van der Waals surface area contributed by atoms with E-state index in [2.05, 4.69) is 60.9 Å². The molecule has 3 aliphatic carbocycles. The number of rotatable bonds is 21. The molecule has 18 heteroatoms. The van der Waals surface area contributed by atoms with Gasteiger partial charge in [0.25, 0.3) is 17.7 Å². The molecule has 3 atom stereocenters. The van der Waals surface area contributed by atoms with Gasteiger partial charge in [-0.15, -0.1) is 0 Å². The Morgan fingerprint density at radius 1 is 0.500 bits per heavy atom. The van der Waals surface area contributed by atoms with Gasteiger partial charge >= 0.3 is 0 Å². The van der Waals surface area contributed by atoms with Crippen molar-refractivity contribution in [3.05, 3.63) is 176 Å². The van der Waals surface area contributed by atoms with Crippen molar-refractivity contribution in [3.63, 3.8) is 0 Å². The third kappa shape index (κ3) is 14.6. The van der Waals surface area contributed by atoms with E-state index < -0.39 is 312 Å². The standard InChI is InChI=1S/3C24H26N4O2/c3*1-5-13-26-20-11-10-17-18(20)7-6-8-19(17)23-27-24(30-28-23)16-9-12-22(29-15(2)3)21(14-16)25-4/h3*6-9,12,14-15,20,26H,5,10-11,13H2,1-3H3/t3*20-/m000/s1/i5D2,6D,7D,8D,9D,10D2,11D2,12D,13D2,14D;6D,7D,8D,9D,10D2,11D2,12D,13D2,14D;5D2,6D,7D,8D,9D,10D2,11D2,12D,14D. The summed E-state index contributed by atoms with van der Waals surface area (Å²) in [5, 5.41) is 18.5. The fourth-order valence-corrected chi connectivity index (χ4v) is 8.33. The summed E-state index contributed by atoms with van der Waals surface area (Å²) < 4.78 is 352. The van der Waals surface area contributed by atoms with Crippen LogP contribution in [0.3, 0.4) is 0 Å². The second-order valence-electron chi connectivity index (χ2n) is 19.5. The van der Waals surface area contributed by atoms with E-state index in [1.54, 1.807) is 41.5 Å². The molecule has 0 aliphatic heterocycles. The minimum Gasteiger partial charge on any atom is -0.502 e. The van der Waals surface area contributed by atoms with E-state index in [1.165, 1.54) is 13.8 Å². The van der Waals surface area contributed by atoms with E-state index in [1.807, 2.05) is 0 Å². The molecule has 0 fully saturated rings. The summed E-state index contributed by atoms with van der Waals surface area (Å²) >= 11 is 0. The first-order valence-electron chi connectivity index (χ1n) is 46.4. The molecule has 0 radical (unpaired) electrons. The molecular formula is C72H78N12O6. The third-order valence-electron chi connectivity index (χ3n) is 12.1. The number of hydrogen-bond donors (Lipinski definition) is 3. The Hall–Kier alpha value is -9.51. The summed E-state index contributed by atoms with van der Waals surface area (Å²) in [6, 6.07) is -16.8. The number of nitrogens with one attached hydrogen (secondary N) is 3. The van der Waals surface area contributed by atoms with E-state index in [0.717, 1.165) is 6.92 Å². The van der Waals surface area contributed by atoms with Crippen molar-refractivity contribution in [2.45, 2.75) is 156 Å². The Bertz CT molecular complexity index is 6120. The van der Waals surface area contributed by atoms with Gasteiger partial charge < -0.3 is 43.7 Å². The van der Waals surface area contributed by atoms with Crippen molar-refractivity contribution in [1.82, 2.24) is 46.4 Å². The Balaban J connectivity index is 0.000000200. The van der Waals surface area contributed by atoms with Crippen molar-refractivity contribution in [2.75, 3.05) is 19.5 Å². The fraction of sp³-hybridized carbons (Fsp3) is 0.375. The maximum Gasteiger partial charge on any atom is 0.256 e. The molecule has 9 aromatic rings. The average molecular weight is 1250 g/mol. The summed E-state index contributed by atoms with van der Waals surface area (Å²) in [6.45, 7) is 30.5. The highest BCUT2D eigenvalue weighted by atomic mass is 16.5. The van der Waals surface area contributed by atoms with Crippen LogP contribution in [-0.4, -0.2) is 68.3 Å². The topological polar surface area (TPSA) is 194 Å². The lowest BCUT2D eigenvalue weighted by molar-refractivity contribution is 0.244. The first kappa shape index (κ1) is 31.3. The van der Waals surface area contributed by atoms with Crippen molar-refractivity contribution in [2.24, 2.45) is 0 Å². The first-order valence-corrected chi connectivity index (χ1v) is 27.4. The molecule has 12 rings (SSSR count). The van der Waals surface area contributed by atoms with Gasteiger partial charge in [-0.2, -0.15) is 15.0 Å². The van der Waals surface area contributed by atoms with Gasteiger partial charge in [0.05, 0.1) is 58.6 Å². The molecule has 6 aromatic carbocycles. The van der Waals surface area contributed by atoms with Crippen LogP contribution in [0.2, 0.25) is 0 Å². The molecule has 0 unspecified atom stereocenters. The Morgan fingerprint density at radius 3 is 1.16 bits per heavy atom. The normalized spacial score (nSPS) is 25.3. The maximum atomic E-state index is 8.71. The van der Waals surface area contributed by atoms with Crippen molar-refractivity contribution in [1.29, 1.82) is 0 Å². The average Bonchev–Trinajstić information content (AvgIpc) is 1.54. The molecule has 3 aromatic heterocycles. The molecule has 90 heavy (non-hydrogen) atoms. The molecule has 3 heterocycles. The molecule has 0 bridgehead atoms. The molecule has 18 nitrogen and oxygen atoms in total. The van der Waals surface area contributed by atoms with E-state index in [0.29, 0.717) is 0 Å². The summed E-state index contributed by atoms with van der Waals surface area (Å²) in [5.74, 6) is -4.06. The number of nitrogens with zero attached hydrogens (tertiary/aromatic N) is 9. The Labute approximate surface area is 581 Å². The summed E-state index contributed by atoms with van der Waals surface area (Å²) in [7, 11) is 0. The van der Waals surface area contributed by atoms with Gasteiger partial charge in [-0.25, -0.2) is 14.5 Å². The second-order valence-corrected chi connectivity index (χ2v) is 19.5. The predicted octanol–water partition coefficient (Wildman–Crippen LogP) is 17.2. The van der Waals surface area contributed by atoms with Crippen LogP contribution in [0.25, 0.3) is 83.1 Å². The zero-order valence-electron chi connectivity index (χ0n) is 87.4. The summed E-state index contributed by atoms with van der Waals surface area (Å²) in [4.78, 5) is 22.2. The Morgan fingerprint density at radius 2 is 0.844 bits per heavy atom. The second kappa shape index (κ2) is 29.7. The zero-order chi connectivity index (χ0) is 96.9. The number of fused-ring (bicyclic) bond motifs is 3. The van der Waals surface area contributed by atoms with Crippen LogP contribution < -0.4 is 30.2 Å². The highest BCUT2D eigenvalue weighted by molar-refractivity contribution is 5.74. The van der Waals surface area contributed by atoms with Gasteiger partial charge in [-0.05, 0) is 206 Å². The molecule has 0 saturated heterocycles. The van der Waals surface area contributed by atoms with Gasteiger partial charge in [-0.1, -0.05) is 90.6 Å². The fourth-order valence-electron chi connectivity index (χ4n) is 8.33. The van der Waals surface area contributed by atoms with Crippen LogP contribution in [0.4, 0.5) is 17.1 Å². The molecule has 3 aliphatic rings. The lowest BCUT2D eigenvalue weighted by Crippen LogP contribution is -2.19. The van der Waals surface area contributed by atoms with Crippen LogP contribution in [0.1, 0.15) is 204 Å². The number of benzene rings is 6. The van der Waals surface area contributed by atoms with Gasteiger partial charge in [-0.3, -0.25) is 0 Å². The Kier molecular flexibility index (Phi) is 10.3. The van der Waals surface area contributed by atoms with E-state index >= 15 is 0 Å². The van der Waals surface area contributed by atoms with Crippen molar-refractivity contribution in [3.8, 4) is 85.8 Å². The summed E-state index contributed by atoms with van der Waals surface area (Å²) in [6.07, 6.45) is -23.5. The van der Waals surface area contributed by atoms with Gasteiger partial charge in [0.1, 0.15) is 17.2 Å². The van der Waals surface area contributed by atoms with Crippen LogP contribution in [0, 0.1) is 19.7 Å². The molecule has 0 amide bonds. The van der Waals surface area contributed by atoms with E-state index in [-0.39, 0.29) is 46.2 Å². The quantitative estimate of drug-likeness (QED) is 0.0575. The van der Waals surface area contributed by atoms with Crippen LogP contribution in [0.15, 0.2) is 122 Å². The van der Waals surface area contributed by atoms with Crippen LogP contribution in [-0.2, 0) is 19.1 Å². The van der Waals surface area contributed by atoms with Crippen molar-refractivity contribution >= 4 is 17.1 Å². The highest BCUT2D eigenvalue weighted by Gasteiger charge is 2.30. The monoisotopic (exact) mass is 1240 g/mol. The van der Waals surface area contributed by atoms with E-state index in [4.69, 9.17) is 99.6 Å². The number of ether oxygens (including phenoxy) is 3. The molecule has 3 N–H and O–H groups in total. The SMILES string of the molecule is [2H]c1c([2H])c(-c2noc(-c3c([2H])c([2H])c(OC(C)C)c([N+]#[C-])c3[2H])n2)c2c(c1[2H])[C@@H](NC([2H])([2H])C([2H])([2H])C)C([2H])([2H])C2([2H])[2H].[2H]c1c([2H])c(-c2noc(-c3c([2H])c([2H])c(OC(C)C)c([N+]#[C-])c3[2H])n2)c2c(c1[2H])[C@@H](NC([2H])([2H])CC)C([2H])([2H])C2([2H])[2H].[2H]c1c([2H])c(-c2noc(-c3c([2H])c([2H])c(OC(C)C)c([N+]#[C-])c3[2H])n2)c2c(c1[2H])[C@@H](NCC([2H])([2H])C)C([2H])([2H])C2([2H])[2H]. The molecule has 0 spiro atoms. The number of hydrogen-bond acceptors (Lipinski definition) is 15. The molecular weight excluding hydrogens is 1130 g/mol. The number of aromatic nitrogens is 6. The summed E-state index contributed by atoms with van der Waals surface area (Å²) in [5.41, 5.74) is -6.80. The third-order valence-corrected chi connectivity index (χ3v) is 12.1. The smallest absolute Gasteiger partial charge is 0.256 e. The lowest BCUT2D eigenvalue weighted by Gasteiger charge is -2.13. The largest absolute Gasteiger partial charge is 0.502 e. The van der Waals surface area contributed by atoms with Crippen molar-refractivity contribution < 1.29 is 79.9 Å². The predicted molar refractivity (Wildman–Crippen MR) is 350 cm³/mol. The highest BCUT2D eigenvalue weighted by Crippen LogP contribution is 2.42. The minimum absolute atomic E-state index is 0.118. The van der Waals surface area contributed by atoms with Crippen LogP contribution >= 0.6 is 0 Å². The minimum atomic E-state index is -3.07. The van der Waals surface area contributed by atoms with Gasteiger partial charge in [0.2, 0.25) is 34.5 Å². The zero-order valence-corrected chi connectivity index (χ0v) is 49.4. The maximum absolute atomic E-state index is 8.71. The molecule has 462 valence electrons. The molecule has 0 saturated carbocycles. The first-order chi connectivity index (χ1) is 58.6. The van der Waals surface area contributed by atoms with E-state index in [9.17, 15) is 0 Å². The van der Waals surface area contributed by atoms with Gasteiger partial charge in [0.15, 0.2) is 0 Å². The van der Waals surface area contributed by atoms with Crippen LogP contribution in [0.5, 0.6) is 17.2 Å². The van der Waals surface area contributed by atoms with Gasteiger partial charge in [0, 0.05) is 83.0 Å². The lowest BCUT2D eigenvalue weighted by atomic mass is 10.0.